The first-order chi connectivity index (χ1) is 12.1. The first-order valence-electron chi connectivity index (χ1n) is 8.19. The Morgan fingerprint density at radius 2 is 1.76 bits per heavy atom. The highest BCUT2D eigenvalue weighted by Crippen LogP contribution is 2.38. The van der Waals surface area contributed by atoms with Crippen LogP contribution >= 0.6 is 0 Å². The van der Waals surface area contributed by atoms with E-state index in [1.807, 2.05) is 25.2 Å². The lowest BCUT2D eigenvalue weighted by Gasteiger charge is -2.16. The van der Waals surface area contributed by atoms with Crippen LogP contribution in [0.1, 0.15) is 42.1 Å². The van der Waals surface area contributed by atoms with Crippen LogP contribution in [-0.2, 0) is 11.2 Å². The normalized spacial score (nSPS) is 21.3. The Balaban J connectivity index is 2.54. The Kier molecular flexibility index (Phi) is 6.56. The molecule has 7 heteroatoms. The Labute approximate surface area is 145 Å². The van der Waals surface area contributed by atoms with Crippen LogP contribution in [0.4, 0.5) is 17.1 Å². The summed E-state index contributed by atoms with van der Waals surface area (Å²) in [5.74, 6) is -0.627. The van der Waals surface area contributed by atoms with Gasteiger partial charge in [-0.25, -0.2) is 4.79 Å². The van der Waals surface area contributed by atoms with Crippen LogP contribution in [0.5, 0.6) is 0 Å². The lowest BCUT2D eigenvalue weighted by molar-refractivity contribution is 0.0511. The number of rotatable bonds is 2. The van der Waals surface area contributed by atoms with Gasteiger partial charge in [-0.2, -0.15) is 0 Å². The number of nitrogens with two attached hydrogens (primary N) is 1. The maximum Gasteiger partial charge on any atom is 0.340 e. The molecular weight excluding hydrogens is 322 g/mol. The maximum absolute atomic E-state index is 12.5. The quantitative estimate of drug-likeness (QED) is 0.362. The molecule has 132 valence electrons. The number of hydrogen-bond donors (Lipinski definition) is 1. The summed E-state index contributed by atoms with van der Waals surface area (Å²) in [5, 5.41) is 5.71. The topological polar surface area (TPSA) is 111 Å². The predicted octanol–water partition coefficient (Wildman–Crippen LogP) is 4.70. The molecule has 1 aliphatic rings. The van der Waals surface area contributed by atoms with E-state index in [1.54, 1.807) is 0 Å². The van der Waals surface area contributed by atoms with Crippen molar-refractivity contribution in [1.82, 2.24) is 0 Å². The molecule has 0 saturated heterocycles. The predicted molar refractivity (Wildman–Crippen MR) is 97.0 cm³/mol. The fraction of sp³-hybridized carbons (Fsp3) is 0.389. The van der Waals surface area contributed by atoms with Crippen LogP contribution < -0.4 is 5.73 Å². The molecule has 0 bridgehead atoms. The summed E-state index contributed by atoms with van der Waals surface area (Å²) in [7, 11) is 0. The number of nitrogen functional groups attached to an aromatic ring is 1. The van der Waals surface area contributed by atoms with Crippen molar-refractivity contribution in [2.45, 2.75) is 32.6 Å². The minimum atomic E-state index is -0.671. The first-order valence-corrected chi connectivity index (χ1v) is 8.19. The van der Waals surface area contributed by atoms with Gasteiger partial charge in [0.15, 0.2) is 0 Å². The molecule has 1 aromatic carbocycles. The summed E-state index contributed by atoms with van der Waals surface area (Å²) in [5.41, 5.74) is 6.22. The zero-order valence-electron chi connectivity index (χ0n) is 14.1. The summed E-state index contributed by atoms with van der Waals surface area (Å²) in [4.78, 5) is 34.7. The Hall–Kier alpha value is -2.83. The number of allylic oxidation sites excluding steroid dienone is 3. The van der Waals surface area contributed by atoms with Gasteiger partial charge in [0.25, 0.3) is 0 Å². The lowest BCUT2D eigenvalue weighted by atomic mass is 9.92. The largest absolute Gasteiger partial charge is 0.462 e. The van der Waals surface area contributed by atoms with Crippen LogP contribution in [0.25, 0.3) is 0 Å². The summed E-state index contributed by atoms with van der Waals surface area (Å²) < 4.78 is 5.25. The van der Waals surface area contributed by atoms with Gasteiger partial charge in [0.05, 0.1) is 17.9 Å². The summed E-state index contributed by atoms with van der Waals surface area (Å²) >= 11 is 0. The molecule has 0 aliphatic carbocycles. The zero-order chi connectivity index (χ0) is 18.2. The molecule has 0 fully saturated rings. The van der Waals surface area contributed by atoms with Gasteiger partial charge in [-0.05, 0) is 53.6 Å². The summed E-state index contributed by atoms with van der Waals surface area (Å²) in [6.07, 6.45) is 10.8. The van der Waals surface area contributed by atoms with Gasteiger partial charge < -0.3 is 10.5 Å². The number of ether oxygens (including phenoxy) is 1. The van der Waals surface area contributed by atoms with Crippen LogP contribution in [0.15, 0.2) is 40.7 Å². The van der Waals surface area contributed by atoms with E-state index in [4.69, 9.17) is 10.5 Å². The minimum Gasteiger partial charge on any atom is -0.462 e. The first kappa shape index (κ1) is 18.5. The van der Waals surface area contributed by atoms with E-state index in [0.29, 0.717) is 18.4 Å². The number of anilines is 1. The number of nitroso groups, excluding NO2 is 2. The van der Waals surface area contributed by atoms with E-state index in [-0.39, 0.29) is 35.2 Å². The van der Waals surface area contributed by atoms with Gasteiger partial charge in [-0.3, -0.25) is 0 Å². The number of carbonyl (C=O) groups is 1. The van der Waals surface area contributed by atoms with Crippen LogP contribution in [0.3, 0.4) is 0 Å². The smallest absolute Gasteiger partial charge is 0.340 e. The van der Waals surface area contributed by atoms with Gasteiger partial charge in [0.2, 0.25) is 0 Å². The van der Waals surface area contributed by atoms with Crippen molar-refractivity contribution in [3.05, 3.63) is 51.3 Å². The van der Waals surface area contributed by atoms with E-state index in [1.165, 1.54) is 0 Å². The number of fused-ring (bicyclic) bond motifs is 1. The molecule has 0 radical (unpaired) electrons. The molecule has 7 nitrogen and oxygen atoms in total. The highest BCUT2D eigenvalue weighted by molar-refractivity contribution is 6.00. The van der Waals surface area contributed by atoms with Gasteiger partial charge in [-0.1, -0.05) is 31.2 Å². The van der Waals surface area contributed by atoms with E-state index in [2.05, 4.69) is 16.4 Å². The van der Waals surface area contributed by atoms with E-state index >= 15 is 0 Å². The van der Waals surface area contributed by atoms with Crippen molar-refractivity contribution in [1.29, 1.82) is 0 Å². The monoisotopic (exact) mass is 343 g/mol. The van der Waals surface area contributed by atoms with Crippen molar-refractivity contribution < 1.29 is 9.53 Å². The molecule has 2 N–H and O–H groups in total. The SMILES string of the molecule is CC1/C=C/CC/C=C/CCOC(=O)c2c(N=O)cc(N=O)c(N)c2C1. The Bertz CT molecular complexity index is 726. The Morgan fingerprint density at radius 3 is 2.48 bits per heavy atom. The molecule has 1 aliphatic heterocycles. The van der Waals surface area contributed by atoms with Crippen molar-refractivity contribution >= 4 is 23.0 Å². The maximum atomic E-state index is 12.5. The number of carbonyl (C=O) groups excluding carboxylic acids is 1. The second kappa shape index (κ2) is 8.86. The molecule has 1 heterocycles. The minimum absolute atomic E-state index is 0.0150. The van der Waals surface area contributed by atoms with Gasteiger partial charge >= 0.3 is 5.97 Å². The van der Waals surface area contributed by atoms with Gasteiger partial charge in [0.1, 0.15) is 11.4 Å². The second-order valence-electron chi connectivity index (χ2n) is 5.95. The number of benzene rings is 1. The molecule has 0 saturated carbocycles. The third-order valence-electron chi connectivity index (χ3n) is 4.01. The molecule has 1 aromatic rings. The fourth-order valence-electron chi connectivity index (χ4n) is 2.75. The molecule has 0 aromatic heterocycles. The average Bonchev–Trinajstić information content (AvgIpc) is 2.60. The van der Waals surface area contributed by atoms with Crippen molar-refractivity contribution in [3.8, 4) is 0 Å². The molecule has 25 heavy (non-hydrogen) atoms. The van der Waals surface area contributed by atoms with Gasteiger partial charge in [0, 0.05) is 0 Å². The Morgan fingerprint density at radius 1 is 1.08 bits per heavy atom. The van der Waals surface area contributed by atoms with Crippen LogP contribution in [-0.4, -0.2) is 12.6 Å². The summed E-state index contributed by atoms with van der Waals surface area (Å²) in [6.45, 7) is 2.15. The number of cyclic esters (lactones) is 1. The van der Waals surface area contributed by atoms with Crippen LogP contribution in [0.2, 0.25) is 0 Å². The molecular formula is C18H21N3O4. The van der Waals surface area contributed by atoms with E-state index in [0.717, 1.165) is 18.9 Å². The number of nitrogens with zero attached hydrogens (tertiary/aromatic N) is 2. The number of esters is 1. The van der Waals surface area contributed by atoms with Crippen molar-refractivity contribution in [2.24, 2.45) is 16.3 Å². The molecule has 2 rings (SSSR count). The van der Waals surface area contributed by atoms with Gasteiger partial charge in [-0.15, -0.1) is 9.81 Å². The second-order valence-corrected chi connectivity index (χ2v) is 5.95. The highest BCUT2D eigenvalue weighted by Gasteiger charge is 2.25. The van der Waals surface area contributed by atoms with Crippen LogP contribution in [0, 0.1) is 15.7 Å². The fourth-order valence-corrected chi connectivity index (χ4v) is 2.75. The molecule has 0 amide bonds. The van der Waals surface area contributed by atoms with E-state index in [9.17, 15) is 14.6 Å². The average molecular weight is 343 g/mol. The summed E-state index contributed by atoms with van der Waals surface area (Å²) in [6, 6.07) is 1.12. The van der Waals surface area contributed by atoms with Crippen molar-refractivity contribution in [3.63, 3.8) is 0 Å². The highest BCUT2D eigenvalue weighted by atomic mass is 16.5. The third kappa shape index (κ3) is 4.59. The van der Waals surface area contributed by atoms with Crippen molar-refractivity contribution in [2.75, 3.05) is 12.3 Å². The third-order valence-corrected chi connectivity index (χ3v) is 4.01. The molecule has 0 spiro atoms. The van der Waals surface area contributed by atoms with E-state index < -0.39 is 5.97 Å². The lowest BCUT2D eigenvalue weighted by Crippen LogP contribution is -2.13. The number of hydrogen-bond acceptors (Lipinski definition) is 7. The molecule has 1 unspecified atom stereocenters. The zero-order valence-corrected chi connectivity index (χ0v) is 14.1. The molecule has 1 atom stereocenters. The standard InChI is InChI=1S/C18H21N3O4/c1-12-8-6-4-2-3-5-7-9-25-18(22)16-13(10-12)17(19)15(21-24)11-14(16)20-23/h3,5-6,8,11-12H,2,4,7,9-10,19H2,1H3/b5-3+,8-6+.